The Labute approximate surface area is 304 Å². The van der Waals surface area contributed by atoms with Gasteiger partial charge in [-0.05, 0) is 99.9 Å². The van der Waals surface area contributed by atoms with E-state index >= 15 is 4.79 Å². The molecule has 2 aliphatic rings. The fourth-order valence-electron chi connectivity index (χ4n) is 8.12. The number of rotatable bonds is 7. The number of hydrogen-bond acceptors (Lipinski definition) is 7. The molecule has 2 aromatic carbocycles. The van der Waals surface area contributed by atoms with E-state index in [9.17, 15) is 9.59 Å². The summed E-state index contributed by atoms with van der Waals surface area (Å²) in [6.45, 7) is 11.7. The third-order valence-electron chi connectivity index (χ3n) is 11.1. The molecule has 14 heteroatoms. The van der Waals surface area contributed by atoms with Crippen LogP contribution in [-0.2, 0) is 16.7 Å². The topological polar surface area (TPSA) is 149 Å². The van der Waals surface area contributed by atoms with Gasteiger partial charge in [0, 0.05) is 60.1 Å². The average Bonchev–Trinajstić information content (AvgIpc) is 3.95. The van der Waals surface area contributed by atoms with Crippen LogP contribution in [-0.4, -0.2) is 64.6 Å². The Morgan fingerprint density at radius 2 is 1.85 bits per heavy atom. The molecule has 2 atom stereocenters. The number of fused-ring (bicyclic) bond motifs is 2. The molecule has 0 spiro atoms. The highest BCUT2D eigenvalue weighted by Gasteiger charge is 2.40. The zero-order chi connectivity index (χ0) is 36.5. The van der Waals surface area contributed by atoms with E-state index in [1.54, 1.807) is 21.6 Å². The van der Waals surface area contributed by atoms with E-state index in [1.165, 1.54) is 5.56 Å². The van der Waals surface area contributed by atoms with Gasteiger partial charge in [0.25, 0.3) is 5.91 Å². The molecular formula is C38H41ClN8O5. The van der Waals surface area contributed by atoms with E-state index in [0.717, 1.165) is 65.0 Å². The molecule has 1 amide bonds. The Morgan fingerprint density at radius 3 is 2.50 bits per heavy atom. The number of aromatic amines is 2. The lowest BCUT2D eigenvalue weighted by Crippen LogP contribution is -2.42. The molecule has 2 N–H and O–H groups in total. The van der Waals surface area contributed by atoms with Crippen LogP contribution in [0.1, 0.15) is 96.3 Å². The molecule has 13 nitrogen and oxygen atoms in total. The van der Waals surface area contributed by atoms with Crippen LogP contribution in [0.3, 0.4) is 0 Å². The molecule has 4 aromatic heterocycles. The van der Waals surface area contributed by atoms with Crippen LogP contribution in [0.15, 0.2) is 62.9 Å². The Morgan fingerprint density at radius 1 is 1.10 bits per heavy atom. The molecule has 2 aliphatic heterocycles. The molecule has 8 rings (SSSR count). The summed E-state index contributed by atoms with van der Waals surface area (Å²) >= 11 is 6.54. The number of nitrogens with zero attached hydrogens (tertiary/aromatic N) is 6. The van der Waals surface area contributed by atoms with Gasteiger partial charge < -0.3 is 19.2 Å². The van der Waals surface area contributed by atoms with Gasteiger partial charge in [-0.3, -0.25) is 18.9 Å². The number of H-pyrrole nitrogens is 2. The molecule has 1 saturated heterocycles. The smallest absolute Gasteiger partial charge is 0.381 e. The third kappa shape index (κ3) is 5.36. The van der Waals surface area contributed by atoms with Crippen LogP contribution in [0.4, 0.5) is 0 Å². The summed E-state index contributed by atoms with van der Waals surface area (Å²) in [4.78, 5) is 47.9. The summed E-state index contributed by atoms with van der Waals surface area (Å²) in [6.07, 6.45) is 6.13. The minimum atomic E-state index is -0.929. The number of carbonyl (C=O) groups is 1. The Hall–Kier alpha value is -5.14. The van der Waals surface area contributed by atoms with Crippen LogP contribution in [0.25, 0.3) is 22.4 Å². The van der Waals surface area contributed by atoms with Gasteiger partial charge in [0.2, 0.25) is 0 Å². The van der Waals surface area contributed by atoms with Crippen molar-refractivity contribution in [3.63, 3.8) is 0 Å². The first-order valence-corrected chi connectivity index (χ1v) is 18.1. The lowest BCUT2D eigenvalue weighted by molar-refractivity contribution is 0.0660. The van der Waals surface area contributed by atoms with Crippen molar-refractivity contribution < 1.29 is 14.1 Å². The van der Waals surface area contributed by atoms with Gasteiger partial charge in [0.1, 0.15) is 17.1 Å². The van der Waals surface area contributed by atoms with Gasteiger partial charge in [0.05, 0.1) is 17.4 Å². The van der Waals surface area contributed by atoms with Crippen LogP contribution < -0.4 is 11.4 Å². The fourth-order valence-corrected chi connectivity index (χ4v) is 8.23. The van der Waals surface area contributed by atoms with Crippen LogP contribution in [0, 0.1) is 13.8 Å². The zero-order valence-electron chi connectivity index (χ0n) is 29.8. The molecule has 0 saturated carbocycles. The molecule has 0 radical (unpaired) electrons. The Balaban J connectivity index is 1.28. The minimum Gasteiger partial charge on any atom is -0.381 e. The van der Waals surface area contributed by atoms with E-state index in [1.807, 2.05) is 62.3 Å². The van der Waals surface area contributed by atoms with E-state index in [-0.39, 0.29) is 11.6 Å². The third-order valence-corrected chi connectivity index (χ3v) is 11.7. The molecule has 52 heavy (non-hydrogen) atoms. The standard InChI is InChI=1S/C38H41ClN8O5/c1-6-38(5,35-41-37(50)52-43-35)46-29-8-7-25(24-10-15-51-16-11-24)19-26(29)20-30(46)34(48)44-13-9-28-31(23(44)4)33(45-14-12-40-36(45)49)47(42-28)27-17-21(2)32(39)22(3)18-27/h7-8,12,14,17-20,23-24H,6,9-11,13,15-16H2,1-5H3,(H,40,49)(H,41,43,50)/t23-,38+/m0/s1. The number of amides is 1. The summed E-state index contributed by atoms with van der Waals surface area (Å²) in [5.41, 5.74) is 5.41. The fraction of sp³-hybridized carbons (Fsp3) is 0.395. The van der Waals surface area contributed by atoms with Gasteiger partial charge in [-0.2, -0.15) is 5.10 Å². The summed E-state index contributed by atoms with van der Waals surface area (Å²) in [7, 11) is 0. The first-order chi connectivity index (χ1) is 25.0. The maximum atomic E-state index is 15.1. The lowest BCUT2D eigenvalue weighted by atomic mass is 9.91. The van der Waals surface area contributed by atoms with Crippen LogP contribution in [0.2, 0.25) is 5.02 Å². The minimum absolute atomic E-state index is 0.189. The van der Waals surface area contributed by atoms with Gasteiger partial charge >= 0.3 is 11.4 Å². The number of hydrogen-bond donors (Lipinski definition) is 2. The van der Waals surface area contributed by atoms with Crippen molar-refractivity contribution in [1.82, 2.24) is 38.9 Å². The highest BCUT2D eigenvalue weighted by atomic mass is 35.5. The average molecular weight is 725 g/mol. The van der Waals surface area contributed by atoms with E-state index in [4.69, 9.17) is 26.0 Å². The maximum absolute atomic E-state index is 15.1. The first-order valence-electron chi connectivity index (χ1n) is 17.8. The van der Waals surface area contributed by atoms with Crippen molar-refractivity contribution in [2.45, 2.75) is 77.8 Å². The molecule has 0 bridgehead atoms. The molecular weight excluding hydrogens is 684 g/mol. The molecule has 0 aliphatic carbocycles. The van der Waals surface area contributed by atoms with Crippen molar-refractivity contribution in [1.29, 1.82) is 0 Å². The quantitative estimate of drug-likeness (QED) is 0.203. The number of halogens is 1. The number of carbonyl (C=O) groups excluding carboxylic acids is 1. The van der Waals surface area contributed by atoms with E-state index in [2.05, 4.69) is 33.3 Å². The SMILES string of the molecule is CC[C@](C)(c1noc(=O)[nH]1)n1c(C(=O)N2CCc3nn(-c4cc(C)c(Cl)c(C)c4)c(-n4cc[nH]c4=O)c3[C@@H]2C)cc2cc(C3CCOCC3)ccc21. The number of nitrogens with one attached hydrogen (secondary N) is 2. The van der Waals surface area contributed by atoms with Gasteiger partial charge in [0.15, 0.2) is 5.82 Å². The largest absolute Gasteiger partial charge is 0.438 e. The predicted octanol–water partition coefficient (Wildman–Crippen LogP) is 6.08. The molecule has 6 heterocycles. The van der Waals surface area contributed by atoms with Crippen LogP contribution >= 0.6 is 11.6 Å². The summed E-state index contributed by atoms with van der Waals surface area (Å²) < 4.78 is 15.9. The number of benzene rings is 2. The number of imidazole rings is 1. The van der Waals surface area contributed by atoms with E-state index < -0.39 is 17.3 Å². The second-order valence-electron chi connectivity index (χ2n) is 14.2. The maximum Gasteiger partial charge on any atom is 0.438 e. The summed E-state index contributed by atoms with van der Waals surface area (Å²) in [5.74, 6) is 0.413. The number of aryl methyl sites for hydroxylation is 2. The number of ether oxygens (including phenoxy) is 1. The van der Waals surface area contributed by atoms with Gasteiger partial charge in [-0.1, -0.05) is 29.7 Å². The van der Waals surface area contributed by atoms with Crippen molar-refractivity contribution in [3.05, 3.63) is 114 Å². The van der Waals surface area contributed by atoms with Crippen molar-refractivity contribution in [2.24, 2.45) is 0 Å². The first kappa shape index (κ1) is 34.0. The Kier molecular flexibility index (Phi) is 8.37. The van der Waals surface area contributed by atoms with Crippen molar-refractivity contribution in [2.75, 3.05) is 19.8 Å². The van der Waals surface area contributed by atoms with Crippen LogP contribution in [0.5, 0.6) is 0 Å². The molecule has 270 valence electrons. The van der Waals surface area contributed by atoms with Crippen molar-refractivity contribution in [3.8, 4) is 11.5 Å². The monoisotopic (exact) mass is 724 g/mol. The lowest BCUT2D eigenvalue weighted by Gasteiger charge is -2.36. The summed E-state index contributed by atoms with van der Waals surface area (Å²) in [6, 6.07) is 11.8. The van der Waals surface area contributed by atoms with Gasteiger partial charge in [-0.15, -0.1) is 0 Å². The number of aromatic nitrogens is 7. The Bertz CT molecular complexity index is 2430. The van der Waals surface area contributed by atoms with Crippen molar-refractivity contribution >= 4 is 28.4 Å². The highest BCUT2D eigenvalue weighted by molar-refractivity contribution is 6.32. The van der Waals surface area contributed by atoms with E-state index in [0.29, 0.717) is 47.7 Å². The highest BCUT2D eigenvalue weighted by Crippen LogP contribution is 2.40. The zero-order valence-corrected chi connectivity index (χ0v) is 30.6. The summed E-state index contributed by atoms with van der Waals surface area (Å²) in [5, 5.41) is 10.8. The molecule has 0 unspecified atom stereocenters. The molecule has 1 fully saturated rings. The molecule has 6 aromatic rings. The normalized spacial score (nSPS) is 17.8. The predicted molar refractivity (Wildman–Crippen MR) is 196 cm³/mol. The second kappa shape index (κ2) is 12.8. The second-order valence-corrected chi connectivity index (χ2v) is 14.6. The van der Waals surface area contributed by atoms with Gasteiger partial charge in [-0.25, -0.2) is 14.3 Å².